The molecule has 238 valence electrons. The van der Waals surface area contributed by atoms with E-state index in [2.05, 4.69) is 104 Å². The second kappa shape index (κ2) is 16.0. The summed E-state index contributed by atoms with van der Waals surface area (Å²) >= 11 is 0. The topological polar surface area (TPSA) is 83.0 Å². The molecular weight excluding hydrogens is 573 g/mol. The maximum absolute atomic E-state index is 6.58. The third-order valence-electron chi connectivity index (χ3n) is 8.45. The van der Waals surface area contributed by atoms with E-state index in [0.717, 1.165) is 67.9 Å². The van der Waals surface area contributed by atoms with E-state index in [1.807, 2.05) is 62.5 Å². The lowest BCUT2D eigenvalue weighted by Crippen LogP contribution is -2.03. The van der Waals surface area contributed by atoms with Gasteiger partial charge < -0.3 is 21.8 Å². The van der Waals surface area contributed by atoms with Crippen molar-refractivity contribution in [2.24, 2.45) is 17.2 Å². The summed E-state index contributed by atoms with van der Waals surface area (Å²) in [6.07, 6.45) is 23.8. The first-order chi connectivity index (χ1) is 22.8. The number of hydrogen-bond donors (Lipinski definition) is 3. The maximum atomic E-state index is 6.58. The molecule has 0 aliphatic rings. The zero-order valence-electron chi connectivity index (χ0n) is 28.0. The van der Waals surface area contributed by atoms with E-state index in [1.165, 1.54) is 10.9 Å². The molecule has 0 amide bonds. The molecule has 0 saturated carbocycles. The third-order valence-corrected chi connectivity index (χ3v) is 8.45. The van der Waals surface area contributed by atoms with Gasteiger partial charge in [0.05, 0.1) is 17.1 Å². The summed E-state index contributed by atoms with van der Waals surface area (Å²) in [6.45, 7) is 16.7. The first-order valence-corrected chi connectivity index (χ1v) is 15.8. The fourth-order valence-electron chi connectivity index (χ4n) is 5.81. The van der Waals surface area contributed by atoms with Crippen molar-refractivity contribution >= 4 is 28.6 Å². The molecular formula is C43H46N4. The SMILES string of the molecule is C=CC(=C\c1c(C)c(C)c(-c2ccc(/C(N)=C/C=C\CC(/C=C\N)=C/C)cc2C=C)n1-c1cccc2ccccc12)/C(/C=C\C)=C/N. The first-order valence-electron chi connectivity index (χ1n) is 15.8. The summed E-state index contributed by atoms with van der Waals surface area (Å²) in [5, 5.41) is 2.32. The second-order valence-corrected chi connectivity index (χ2v) is 11.2. The van der Waals surface area contributed by atoms with Crippen LogP contribution in [0.3, 0.4) is 0 Å². The van der Waals surface area contributed by atoms with Crippen LogP contribution < -0.4 is 17.2 Å². The van der Waals surface area contributed by atoms with Gasteiger partial charge in [-0.25, -0.2) is 0 Å². The average molecular weight is 619 g/mol. The van der Waals surface area contributed by atoms with Crippen molar-refractivity contribution in [3.8, 4) is 16.9 Å². The number of aromatic nitrogens is 1. The molecule has 0 bridgehead atoms. The minimum atomic E-state index is 0.675. The van der Waals surface area contributed by atoms with Crippen molar-refractivity contribution in [3.63, 3.8) is 0 Å². The Morgan fingerprint density at radius 2 is 1.66 bits per heavy atom. The minimum absolute atomic E-state index is 0.675. The monoisotopic (exact) mass is 618 g/mol. The van der Waals surface area contributed by atoms with Crippen LogP contribution in [0.2, 0.25) is 0 Å². The minimum Gasteiger partial charge on any atom is -0.405 e. The second-order valence-electron chi connectivity index (χ2n) is 11.2. The zero-order chi connectivity index (χ0) is 33.9. The van der Waals surface area contributed by atoms with Gasteiger partial charge in [-0.05, 0) is 115 Å². The van der Waals surface area contributed by atoms with Crippen LogP contribution in [0.4, 0.5) is 0 Å². The Morgan fingerprint density at radius 1 is 0.894 bits per heavy atom. The summed E-state index contributed by atoms with van der Waals surface area (Å²) in [7, 11) is 0. The number of allylic oxidation sites excluding steroid dienone is 11. The summed E-state index contributed by atoms with van der Waals surface area (Å²) in [5.74, 6) is 0. The Labute approximate surface area is 280 Å². The fourth-order valence-corrected chi connectivity index (χ4v) is 5.81. The van der Waals surface area contributed by atoms with Crippen LogP contribution in [-0.2, 0) is 0 Å². The van der Waals surface area contributed by atoms with Crippen LogP contribution in [0.25, 0.3) is 45.6 Å². The summed E-state index contributed by atoms with van der Waals surface area (Å²) in [4.78, 5) is 0. The van der Waals surface area contributed by atoms with Gasteiger partial charge in [-0.15, -0.1) is 0 Å². The van der Waals surface area contributed by atoms with Crippen LogP contribution in [-0.4, -0.2) is 4.57 Å². The lowest BCUT2D eigenvalue weighted by molar-refractivity contribution is 1.07. The van der Waals surface area contributed by atoms with Crippen LogP contribution in [0, 0.1) is 13.8 Å². The quantitative estimate of drug-likeness (QED) is 0.138. The fraction of sp³-hybridized carbons (Fsp3) is 0.116. The van der Waals surface area contributed by atoms with Crippen molar-refractivity contribution in [1.82, 2.24) is 4.57 Å². The number of benzene rings is 3. The molecule has 3 aromatic carbocycles. The molecule has 4 rings (SSSR count). The van der Waals surface area contributed by atoms with Crippen molar-refractivity contribution in [3.05, 3.63) is 179 Å². The van der Waals surface area contributed by atoms with Crippen molar-refractivity contribution in [1.29, 1.82) is 0 Å². The highest BCUT2D eigenvalue weighted by Gasteiger charge is 2.22. The zero-order valence-corrected chi connectivity index (χ0v) is 28.0. The van der Waals surface area contributed by atoms with Gasteiger partial charge in [0.1, 0.15) is 0 Å². The molecule has 0 atom stereocenters. The molecule has 4 nitrogen and oxygen atoms in total. The molecule has 6 N–H and O–H groups in total. The smallest absolute Gasteiger partial charge is 0.0572 e. The standard InChI is InChI=1S/C43H46N4/c1-7-16-37(29-45)33(9-3)28-42-30(5)31(6)43(47(42)41-22-15-19-35-18-12-13-20-38(35)41)39-24-23-36(27-34(39)10-4)40(46)21-14-11-17-32(8-2)25-26-44/h7-16,18-29H,3-4,17,44-46H2,1-2,5-6H3/b14-11-,16-7-,26-25-,32-8-,33-28+,37-29+,40-21-. The van der Waals surface area contributed by atoms with Crippen molar-refractivity contribution < 1.29 is 0 Å². The normalized spacial score (nSPS) is 13.4. The highest BCUT2D eigenvalue weighted by molar-refractivity contribution is 5.93. The van der Waals surface area contributed by atoms with Gasteiger partial charge in [0.25, 0.3) is 0 Å². The predicted molar refractivity (Wildman–Crippen MR) is 207 cm³/mol. The number of hydrogen-bond acceptors (Lipinski definition) is 3. The molecule has 47 heavy (non-hydrogen) atoms. The highest BCUT2D eigenvalue weighted by Crippen LogP contribution is 2.40. The van der Waals surface area contributed by atoms with Crippen LogP contribution in [0.5, 0.6) is 0 Å². The van der Waals surface area contributed by atoms with Gasteiger partial charge in [-0.1, -0.05) is 104 Å². The molecule has 0 fully saturated rings. The van der Waals surface area contributed by atoms with E-state index in [9.17, 15) is 0 Å². The van der Waals surface area contributed by atoms with Gasteiger partial charge in [0.2, 0.25) is 0 Å². The molecule has 1 heterocycles. The van der Waals surface area contributed by atoms with Crippen molar-refractivity contribution in [2.45, 2.75) is 34.1 Å². The molecule has 0 saturated heterocycles. The van der Waals surface area contributed by atoms with Gasteiger partial charge in [-0.3, -0.25) is 0 Å². The number of nitrogens with two attached hydrogens (primary N) is 3. The van der Waals surface area contributed by atoms with Gasteiger partial charge in [0, 0.05) is 22.8 Å². The van der Waals surface area contributed by atoms with Crippen LogP contribution >= 0.6 is 0 Å². The van der Waals surface area contributed by atoms with Gasteiger partial charge in [-0.2, -0.15) is 0 Å². The molecule has 0 spiro atoms. The number of fused-ring (bicyclic) bond motifs is 1. The lowest BCUT2D eigenvalue weighted by Gasteiger charge is -2.18. The van der Waals surface area contributed by atoms with E-state index >= 15 is 0 Å². The Kier molecular flexibility index (Phi) is 11.6. The van der Waals surface area contributed by atoms with E-state index in [-0.39, 0.29) is 0 Å². The largest absolute Gasteiger partial charge is 0.405 e. The van der Waals surface area contributed by atoms with Gasteiger partial charge >= 0.3 is 0 Å². The average Bonchev–Trinajstić information content (AvgIpc) is 3.34. The molecule has 4 heteroatoms. The maximum Gasteiger partial charge on any atom is 0.0572 e. The molecule has 0 radical (unpaired) electrons. The Hall–Kier alpha value is -5.74. The number of rotatable bonds is 12. The molecule has 0 unspecified atom stereocenters. The Bertz CT molecular complexity index is 2000. The molecule has 0 aliphatic carbocycles. The molecule has 1 aromatic heterocycles. The van der Waals surface area contributed by atoms with E-state index in [0.29, 0.717) is 5.70 Å². The Balaban J connectivity index is 1.96. The van der Waals surface area contributed by atoms with Crippen molar-refractivity contribution in [2.75, 3.05) is 0 Å². The Morgan fingerprint density at radius 3 is 2.34 bits per heavy atom. The summed E-state index contributed by atoms with van der Waals surface area (Å²) < 4.78 is 2.36. The third kappa shape index (κ3) is 7.40. The molecule has 0 aliphatic heterocycles. The van der Waals surface area contributed by atoms with E-state index in [4.69, 9.17) is 17.2 Å². The van der Waals surface area contributed by atoms with Crippen LogP contribution in [0.15, 0.2) is 152 Å². The van der Waals surface area contributed by atoms with Gasteiger partial charge in [0.15, 0.2) is 0 Å². The van der Waals surface area contributed by atoms with Crippen LogP contribution in [0.1, 0.15) is 48.2 Å². The van der Waals surface area contributed by atoms with E-state index in [1.54, 1.807) is 12.4 Å². The summed E-state index contributed by atoms with van der Waals surface area (Å²) in [5.41, 5.74) is 30.4. The van der Waals surface area contributed by atoms with E-state index < -0.39 is 0 Å². The molecule has 4 aromatic rings. The predicted octanol–water partition coefficient (Wildman–Crippen LogP) is 10.2. The lowest BCUT2D eigenvalue weighted by atomic mass is 9.97. The number of nitrogens with zero attached hydrogens (tertiary/aromatic N) is 1. The highest BCUT2D eigenvalue weighted by atomic mass is 15.0. The first kappa shape index (κ1) is 34.1. The summed E-state index contributed by atoms with van der Waals surface area (Å²) in [6, 6.07) is 21.3.